The van der Waals surface area contributed by atoms with Crippen LogP contribution in [0.5, 0.6) is 0 Å². The number of hydrogen-bond acceptors (Lipinski definition) is 2. The first-order valence-corrected chi connectivity index (χ1v) is 5.38. The number of nitrogens with zero attached hydrogens (tertiary/aromatic N) is 1. The van der Waals surface area contributed by atoms with Gasteiger partial charge in [-0.1, -0.05) is 12.2 Å². The highest BCUT2D eigenvalue weighted by molar-refractivity contribution is 4.92. The van der Waals surface area contributed by atoms with Crippen LogP contribution in [-0.4, -0.2) is 37.6 Å². The van der Waals surface area contributed by atoms with Crippen LogP contribution in [0.1, 0.15) is 26.2 Å². The molecular formula is C11H22N2. The van der Waals surface area contributed by atoms with E-state index in [1.54, 1.807) is 0 Å². The van der Waals surface area contributed by atoms with Crippen LogP contribution >= 0.6 is 0 Å². The van der Waals surface area contributed by atoms with E-state index in [9.17, 15) is 0 Å². The fourth-order valence-corrected chi connectivity index (χ4v) is 1.82. The molecule has 0 amide bonds. The summed E-state index contributed by atoms with van der Waals surface area (Å²) in [6.07, 6.45) is 8.41. The normalized spacial score (nSPS) is 20.5. The molecule has 0 saturated heterocycles. The predicted molar refractivity (Wildman–Crippen MR) is 58.0 cm³/mol. The van der Waals surface area contributed by atoms with Gasteiger partial charge in [0.2, 0.25) is 0 Å². The molecule has 1 rings (SSSR count). The molecule has 1 unspecified atom stereocenters. The van der Waals surface area contributed by atoms with Crippen molar-refractivity contribution in [3.8, 4) is 0 Å². The van der Waals surface area contributed by atoms with Gasteiger partial charge in [-0.15, -0.1) is 0 Å². The summed E-state index contributed by atoms with van der Waals surface area (Å²) in [6.45, 7) is 5.89. The van der Waals surface area contributed by atoms with E-state index in [-0.39, 0.29) is 0 Å². The summed E-state index contributed by atoms with van der Waals surface area (Å²) in [5, 5.41) is 3.19. The van der Waals surface area contributed by atoms with Crippen LogP contribution < -0.4 is 5.32 Å². The lowest BCUT2D eigenvalue weighted by Gasteiger charge is -2.29. The first-order chi connectivity index (χ1) is 6.34. The Bertz CT molecular complexity index is 154. The molecule has 1 heterocycles. The Morgan fingerprint density at radius 2 is 2.31 bits per heavy atom. The first-order valence-electron chi connectivity index (χ1n) is 5.38. The van der Waals surface area contributed by atoms with E-state index >= 15 is 0 Å². The van der Waals surface area contributed by atoms with Crippen molar-refractivity contribution < 1.29 is 0 Å². The standard InChI is InChI=1S/C11H22N2/c1-11(7-6-8-12-2)13-9-4-3-5-10-13/h3-4,11-12H,5-10H2,1-2H3. The molecule has 1 aliphatic heterocycles. The fourth-order valence-electron chi connectivity index (χ4n) is 1.82. The van der Waals surface area contributed by atoms with Crippen LogP contribution in [0.25, 0.3) is 0 Å². The molecule has 13 heavy (non-hydrogen) atoms. The fraction of sp³-hybridized carbons (Fsp3) is 0.818. The number of hydrogen-bond donors (Lipinski definition) is 1. The summed E-state index contributed by atoms with van der Waals surface area (Å²) in [6, 6.07) is 0.748. The Hall–Kier alpha value is -0.340. The highest BCUT2D eigenvalue weighted by Crippen LogP contribution is 2.10. The summed E-state index contributed by atoms with van der Waals surface area (Å²) in [7, 11) is 2.02. The van der Waals surface area contributed by atoms with Crippen molar-refractivity contribution in [3.63, 3.8) is 0 Å². The second-order valence-corrected chi connectivity index (χ2v) is 3.85. The van der Waals surface area contributed by atoms with Gasteiger partial charge in [0.1, 0.15) is 0 Å². The van der Waals surface area contributed by atoms with Gasteiger partial charge in [-0.2, -0.15) is 0 Å². The van der Waals surface area contributed by atoms with E-state index in [1.165, 1.54) is 25.8 Å². The summed E-state index contributed by atoms with van der Waals surface area (Å²) < 4.78 is 0. The summed E-state index contributed by atoms with van der Waals surface area (Å²) >= 11 is 0. The van der Waals surface area contributed by atoms with Gasteiger partial charge in [0.25, 0.3) is 0 Å². The van der Waals surface area contributed by atoms with E-state index in [1.807, 2.05) is 7.05 Å². The van der Waals surface area contributed by atoms with E-state index in [4.69, 9.17) is 0 Å². The minimum absolute atomic E-state index is 0.748. The van der Waals surface area contributed by atoms with E-state index in [0.29, 0.717) is 0 Å². The molecule has 0 aromatic carbocycles. The summed E-state index contributed by atoms with van der Waals surface area (Å²) in [5.41, 5.74) is 0. The molecule has 76 valence electrons. The molecule has 0 fully saturated rings. The van der Waals surface area contributed by atoms with E-state index in [0.717, 1.165) is 19.1 Å². The second kappa shape index (κ2) is 6.17. The molecule has 0 radical (unpaired) electrons. The minimum atomic E-state index is 0.748. The van der Waals surface area contributed by atoms with Crippen molar-refractivity contribution in [2.24, 2.45) is 0 Å². The van der Waals surface area contributed by atoms with Gasteiger partial charge in [0.05, 0.1) is 0 Å². The highest BCUT2D eigenvalue weighted by Gasteiger charge is 2.12. The Balaban J connectivity index is 2.14. The lowest BCUT2D eigenvalue weighted by molar-refractivity contribution is 0.215. The molecular weight excluding hydrogens is 160 g/mol. The molecule has 2 nitrogen and oxygen atoms in total. The van der Waals surface area contributed by atoms with Crippen molar-refractivity contribution in [3.05, 3.63) is 12.2 Å². The average molecular weight is 182 g/mol. The zero-order valence-electron chi connectivity index (χ0n) is 8.92. The van der Waals surface area contributed by atoms with Crippen LogP contribution in [0.15, 0.2) is 12.2 Å². The third-order valence-electron chi connectivity index (χ3n) is 2.76. The lowest BCUT2D eigenvalue weighted by atomic mass is 10.1. The maximum Gasteiger partial charge on any atom is 0.0166 e. The van der Waals surface area contributed by atoms with Gasteiger partial charge < -0.3 is 5.32 Å². The van der Waals surface area contributed by atoms with Crippen LogP contribution in [0.4, 0.5) is 0 Å². The molecule has 2 heteroatoms. The monoisotopic (exact) mass is 182 g/mol. The van der Waals surface area contributed by atoms with E-state index < -0.39 is 0 Å². The molecule has 0 aliphatic carbocycles. The van der Waals surface area contributed by atoms with Gasteiger partial charge in [0.15, 0.2) is 0 Å². The smallest absolute Gasteiger partial charge is 0.0166 e. The van der Waals surface area contributed by atoms with Crippen molar-refractivity contribution >= 4 is 0 Å². The van der Waals surface area contributed by atoms with Gasteiger partial charge in [-0.25, -0.2) is 0 Å². The molecule has 0 saturated carbocycles. The van der Waals surface area contributed by atoms with Crippen LogP contribution in [0, 0.1) is 0 Å². The Labute approximate surface area is 82.0 Å². The van der Waals surface area contributed by atoms with Crippen molar-refractivity contribution in [1.82, 2.24) is 10.2 Å². The summed E-state index contributed by atoms with van der Waals surface area (Å²) in [4.78, 5) is 2.57. The Morgan fingerprint density at radius 3 is 2.92 bits per heavy atom. The largest absolute Gasteiger partial charge is 0.320 e. The van der Waals surface area contributed by atoms with Gasteiger partial charge in [-0.05, 0) is 39.8 Å². The topological polar surface area (TPSA) is 15.3 Å². The lowest BCUT2D eigenvalue weighted by Crippen LogP contribution is -2.36. The van der Waals surface area contributed by atoms with Gasteiger partial charge in [-0.3, -0.25) is 4.90 Å². The van der Waals surface area contributed by atoms with Crippen LogP contribution in [0.3, 0.4) is 0 Å². The second-order valence-electron chi connectivity index (χ2n) is 3.85. The SMILES string of the molecule is CNCCCC(C)N1CC=CCC1. The Morgan fingerprint density at radius 1 is 1.46 bits per heavy atom. The molecule has 1 N–H and O–H groups in total. The number of nitrogens with one attached hydrogen (secondary N) is 1. The third-order valence-corrected chi connectivity index (χ3v) is 2.76. The number of rotatable bonds is 5. The molecule has 1 aliphatic rings. The van der Waals surface area contributed by atoms with Crippen LogP contribution in [-0.2, 0) is 0 Å². The zero-order valence-corrected chi connectivity index (χ0v) is 8.92. The van der Waals surface area contributed by atoms with Gasteiger partial charge >= 0.3 is 0 Å². The average Bonchev–Trinajstić information content (AvgIpc) is 2.19. The highest BCUT2D eigenvalue weighted by atomic mass is 15.1. The minimum Gasteiger partial charge on any atom is -0.320 e. The molecule has 0 bridgehead atoms. The van der Waals surface area contributed by atoms with Crippen molar-refractivity contribution in [2.75, 3.05) is 26.7 Å². The van der Waals surface area contributed by atoms with Gasteiger partial charge in [0, 0.05) is 19.1 Å². The van der Waals surface area contributed by atoms with Crippen LogP contribution in [0.2, 0.25) is 0 Å². The zero-order chi connectivity index (χ0) is 9.52. The van der Waals surface area contributed by atoms with E-state index in [2.05, 4.69) is 29.3 Å². The van der Waals surface area contributed by atoms with Crippen molar-refractivity contribution in [1.29, 1.82) is 0 Å². The van der Waals surface area contributed by atoms with Crippen molar-refractivity contribution in [2.45, 2.75) is 32.2 Å². The summed E-state index contributed by atoms with van der Waals surface area (Å²) in [5.74, 6) is 0. The molecule has 1 atom stereocenters. The first kappa shape index (κ1) is 10.7. The third kappa shape index (κ3) is 3.92. The molecule has 0 aromatic rings. The maximum atomic E-state index is 3.19. The quantitative estimate of drug-likeness (QED) is 0.513. The predicted octanol–water partition coefficient (Wildman–Crippen LogP) is 1.64. The maximum absolute atomic E-state index is 3.19. The Kier molecular flexibility index (Phi) is 5.09. The molecule has 0 spiro atoms. The molecule has 0 aromatic heterocycles.